The molecule has 0 aromatic heterocycles. The largest absolute Gasteiger partial charge is 2.00 e. The van der Waals surface area contributed by atoms with Crippen molar-refractivity contribution in [2.45, 2.75) is 6.54 Å². The Bertz CT molecular complexity index is 321. The van der Waals surface area contributed by atoms with Crippen LogP contribution in [0.3, 0.4) is 0 Å². The molecule has 0 heterocycles. The van der Waals surface area contributed by atoms with Crippen molar-refractivity contribution in [2.75, 3.05) is 14.1 Å². The summed E-state index contributed by atoms with van der Waals surface area (Å²) in [6.45, 7) is 0.847. The molecule has 0 unspecified atom stereocenters. The smallest absolute Gasteiger partial charge is 0.150 e. The molecule has 1 radical (unpaired) electrons. The van der Waals surface area contributed by atoms with E-state index < -0.39 is 0 Å². The first-order valence-corrected chi connectivity index (χ1v) is 4.80. The van der Waals surface area contributed by atoms with Crippen LogP contribution in [0.25, 0.3) is 0 Å². The van der Waals surface area contributed by atoms with Gasteiger partial charge < -0.3 is 15.9 Å². The second-order valence-corrected chi connectivity index (χ2v) is 4.16. The SMILES string of the molecule is CN(C)Cc1cc(Br)cc(C=O)c1.[Mn].[O-2].[O-2]. The number of halogens is 1. The van der Waals surface area contributed by atoms with Crippen LogP contribution in [-0.2, 0) is 34.6 Å². The van der Waals surface area contributed by atoms with Crippen molar-refractivity contribution < 1.29 is 32.8 Å². The molecule has 0 amide bonds. The molecule has 4 nitrogen and oxygen atoms in total. The first kappa shape index (κ1) is 21.1. The average Bonchev–Trinajstić information content (AvgIpc) is 2.01. The molecule has 0 atom stereocenters. The maximum absolute atomic E-state index is 10.6. The van der Waals surface area contributed by atoms with E-state index in [2.05, 4.69) is 20.8 Å². The van der Waals surface area contributed by atoms with Gasteiger partial charge in [0.25, 0.3) is 0 Å². The summed E-state index contributed by atoms with van der Waals surface area (Å²) in [5, 5.41) is 0. The Morgan fingerprint density at radius 3 is 2.25 bits per heavy atom. The van der Waals surface area contributed by atoms with Gasteiger partial charge in [0.1, 0.15) is 6.29 Å². The van der Waals surface area contributed by atoms with Gasteiger partial charge in [0, 0.05) is 33.6 Å². The van der Waals surface area contributed by atoms with Gasteiger partial charge in [0.2, 0.25) is 0 Å². The standard InChI is InChI=1S/C10H12BrNO.Mn.2O/c1-12(2)6-8-3-9(7-13)5-10(11)4-8;;;/h3-5,7H,6H2,1-2H3;;;/q;;2*-2. The Morgan fingerprint density at radius 2 is 1.81 bits per heavy atom. The second-order valence-electron chi connectivity index (χ2n) is 3.25. The molecule has 1 rings (SSSR count). The first-order chi connectivity index (χ1) is 6.11. The van der Waals surface area contributed by atoms with Crippen molar-refractivity contribution in [3.63, 3.8) is 0 Å². The van der Waals surface area contributed by atoms with Gasteiger partial charge in [-0.3, -0.25) is 4.79 Å². The van der Waals surface area contributed by atoms with E-state index in [1.54, 1.807) is 0 Å². The van der Waals surface area contributed by atoms with E-state index in [-0.39, 0.29) is 28.0 Å². The van der Waals surface area contributed by atoms with Gasteiger partial charge in [-0.1, -0.05) is 15.9 Å². The third kappa shape index (κ3) is 7.11. The molecule has 0 bridgehead atoms. The number of nitrogens with zero attached hydrogens (tertiary/aromatic N) is 1. The number of hydrogen-bond acceptors (Lipinski definition) is 2. The molecule has 0 spiro atoms. The number of rotatable bonds is 3. The van der Waals surface area contributed by atoms with E-state index >= 15 is 0 Å². The van der Waals surface area contributed by atoms with Gasteiger partial charge in [0.05, 0.1) is 0 Å². The van der Waals surface area contributed by atoms with Crippen LogP contribution in [0, 0.1) is 0 Å². The van der Waals surface area contributed by atoms with Gasteiger partial charge in [-0.25, -0.2) is 0 Å². The zero-order valence-corrected chi connectivity index (χ0v) is 11.7. The van der Waals surface area contributed by atoms with Crippen LogP contribution in [-0.4, -0.2) is 25.3 Å². The van der Waals surface area contributed by atoms with Gasteiger partial charge in [0.15, 0.2) is 0 Å². The molecule has 1 aromatic carbocycles. The molecular formula is C10H12BrMnNO3-4. The topological polar surface area (TPSA) is 77.3 Å². The number of benzene rings is 1. The predicted octanol–water partition coefficient (Wildman–Crippen LogP) is 2.08. The first-order valence-electron chi connectivity index (χ1n) is 4.01. The molecule has 1 aromatic rings. The fourth-order valence-corrected chi connectivity index (χ4v) is 1.76. The molecular weight excluding hydrogens is 317 g/mol. The third-order valence-electron chi connectivity index (χ3n) is 1.61. The van der Waals surface area contributed by atoms with Crippen LogP contribution in [0.5, 0.6) is 0 Å². The minimum Gasteiger partial charge on any atom is -2.00 e. The molecule has 0 saturated carbocycles. The zero-order chi connectivity index (χ0) is 9.84. The van der Waals surface area contributed by atoms with Gasteiger partial charge >= 0.3 is 0 Å². The monoisotopic (exact) mass is 328 g/mol. The van der Waals surface area contributed by atoms with E-state index in [1.807, 2.05) is 32.3 Å². The number of carbonyl (C=O) groups excluding carboxylic acids is 1. The van der Waals surface area contributed by atoms with Crippen molar-refractivity contribution in [1.82, 2.24) is 4.90 Å². The van der Waals surface area contributed by atoms with Crippen LogP contribution >= 0.6 is 15.9 Å². The molecule has 0 fully saturated rings. The minimum absolute atomic E-state index is 0. The summed E-state index contributed by atoms with van der Waals surface area (Å²) < 4.78 is 0.953. The summed E-state index contributed by atoms with van der Waals surface area (Å²) in [7, 11) is 4.00. The van der Waals surface area contributed by atoms with Crippen molar-refractivity contribution in [2.24, 2.45) is 0 Å². The molecule has 6 heteroatoms. The summed E-state index contributed by atoms with van der Waals surface area (Å²) in [5.41, 5.74) is 1.85. The zero-order valence-electron chi connectivity index (χ0n) is 8.94. The van der Waals surface area contributed by atoms with Crippen molar-refractivity contribution >= 4 is 22.2 Å². The van der Waals surface area contributed by atoms with E-state index in [9.17, 15) is 4.79 Å². The fourth-order valence-electron chi connectivity index (χ4n) is 1.20. The Hall–Kier alpha value is -0.231. The summed E-state index contributed by atoms with van der Waals surface area (Å²) in [5.74, 6) is 0. The summed E-state index contributed by atoms with van der Waals surface area (Å²) in [6, 6.07) is 5.73. The number of carbonyl (C=O) groups is 1. The van der Waals surface area contributed by atoms with E-state index in [4.69, 9.17) is 0 Å². The summed E-state index contributed by atoms with van der Waals surface area (Å²) in [4.78, 5) is 12.6. The van der Waals surface area contributed by atoms with E-state index in [1.165, 1.54) is 0 Å². The molecule has 93 valence electrons. The molecule has 16 heavy (non-hydrogen) atoms. The second kappa shape index (κ2) is 9.96. The molecule has 0 N–H and O–H groups in total. The molecule has 0 aliphatic rings. The van der Waals surface area contributed by atoms with Crippen LogP contribution in [0.2, 0.25) is 0 Å². The molecule has 0 saturated heterocycles. The van der Waals surface area contributed by atoms with E-state index in [0.717, 1.165) is 22.9 Å². The van der Waals surface area contributed by atoms with Crippen LogP contribution in [0.15, 0.2) is 22.7 Å². The quantitative estimate of drug-likeness (QED) is 0.629. The van der Waals surface area contributed by atoms with Crippen molar-refractivity contribution in [1.29, 1.82) is 0 Å². The maximum Gasteiger partial charge on any atom is 0.150 e. The Labute approximate surface area is 114 Å². The summed E-state index contributed by atoms with van der Waals surface area (Å²) >= 11 is 3.37. The minimum atomic E-state index is 0. The third-order valence-corrected chi connectivity index (χ3v) is 2.07. The predicted molar refractivity (Wildman–Crippen MR) is 58.3 cm³/mol. The van der Waals surface area contributed by atoms with Crippen LogP contribution < -0.4 is 0 Å². The van der Waals surface area contributed by atoms with Gasteiger partial charge in [-0.15, -0.1) is 0 Å². The average molecular weight is 329 g/mol. The summed E-state index contributed by atoms with van der Waals surface area (Å²) in [6.07, 6.45) is 0.865. The van der Waals surface area contributed by atoms with Crippen LogP contribution in [0.1, 0.15) is 15.9 Å². The van der Waals surface area contributed by atoms with Gasteiger partial charge in [-0.05, 0) is 37.9 Å². The van der Waals surface area contributed by atoms with Crippen molar-refractivity contribution in [3.8, 4) is 0 Å². The Kier molecular flexibility index (Phi) is 13.1. The maximum atomic E-state index is 10.6. The normalized spacial score (nSPS) is 8.50. The molecule has 0 aliphatic carbocycles. The number of hydrogen-bond donors (Lipinski definition) is 0. The Morgan fingerprint density at radius 1 is 1.25 bits per heavy atom. The fraction of sp³-hybridized carbons (Fsp3) is 0.300. The van der Waals surface area contributed by atoms with Crippen LogP contribution in [0.4, 0.5) is 0 Å². The number of aldehydes is 1. The Balaban J connectivity index is -0.000000563. The molecule has 0 aliphatic heterocycles. The van der Waals surface area contributed by atoms with Gasteiger partial charge in [-0.2, -0.15) is 0 Å². The van der Waals surface area contributed by atoms with Crippen molar-refractivity contribution in [3.05, 3.63) is 33.8 Å². The van der Waals surface area contributed by atoms with E-state index in [0.29, 0.717) is 5.56 Å².